The summed E-state index contributed by atoms with van der Waals surface area (Å²) in [4.78, 5) is 2.30. The van der Waals surface area contributed by atoms with Crippen molar-refractivity contribution < 1.29 is 4.70 Å². The van der Waals surface area contributed by atoms with Gasteiger partial charge in [-0.2, -0.15) is 0 Å². The molecule has 1 aliphatic carbocycles. The molecule has 3 heteroatoms. The predicted octanol–water partition coefficient (Wildman–Crippen LogP) is 2.17. The van der Waals surface area contributed by atoms with Gasteiger partial charge in [-0.05, 0) is 31.0 Å². The zero-order chi connectivity index (χ0) is 9.42. The van der Waals surface area contributed by atoms with Crippen LogP contribution in [0.5, 0.6) is 0 Å². The number of nitrogen functional groups attached to an aromatic ring is 1. The average molecular weight is 196 g/mol. The summed E-state index contributed by atoms with van der Waals surface area (Å²) in [5.41, 5.74) is 11.0. The Kier molecular flexibility index (Phi) is 2.99. The number of fused-ring (bicyclic) bond motifs is 1. The second kappa shape index (κ2) is 3.86. The third-order valence-corrected chi connectivity index (χ3v) is 2.78. The van der Waals surface area contributed by atoms with Crippen LogP contribution in [0.4, 0.5) is 16.1 Å². The summed E-state index contributed by atoms with van der Waals surface area (Å²) >= 11 is 0. The van der Waals surface area contributed by atoms with Gasteiger partial charge < -0.3 is 10.6 Å². The van der Waals surface area contributed by atoms with Crippen LogP contribution in [0.15, 0.2) is 12.1 Å². The third kappa shape index (κ3) is 1.54. The van der Waals surface area contributed by atoms with Gasteiger partial charge in [0, 0.05) is 19.5 Å². The molecule has 0 atom stereocenters. The highest BCUT2D eigenvalue weighted by Crippen LogP contribution is 2.39. The molecule has 1 aromatic rings. The minimum absolute atomic E-state index is 0. The number of rotatable bonds is 3. The Balaban J connectivity index is 0.000000980. The molecule has 2 nitrogen and oxygen atoms in total. The molecule has 0 aromatic heterocycles. The Morgan fingerprint density at radius 2 is 1.93 bits per heavy atom. The van der Waals surface area contributed by atoms with E-state index in [0.29, 0.717) is 0 Å². The number of nitrogens with zero attached hydrogens (tertiary/aromatic N) is 1. The number of hydrogen-bond donors (Lipinski definition) is 1. The van der Waals surface area contributed by atoms with E-state index < -0.39 is 0 Å². The summed E-state index contributed by atoms with van der Waals surface area (Å²) < 4.78 is 0. The zero-order valence-corrected chi connectivity index (χ0v) is 8.71. The molecule has 0 spiro atoms. The molecule has 0 radical (unpaired) electrons. The van der Waals surface area contributed by atoms with Gasteiger partial charge in [0.15, 0.2) is 0 Å². The molecule has 0 fully saturated rings. The first-order valence-electron chi connectivity index (χ1n) is 4.93. The largest absolute Gasteiger partial charge is 0.397 e. The number of nitrogens with two attached hydrogens (primary N) is 1. The van der Waals surface area contributed by atoms with Crippen LogP contribution in [0.2, 0.25) is 0 Å². The van der Waals surface area contributed by atoms with Crippen LogP contribution in [0.1, 0.15) is 25.0 Å². The Labute approximate surface area is 84.1 Å². The summed E-state index contributed by atoms with van der Waals surface area (Å²) in [5, 5.41) is 0. The van der Waals surface area contributed by atoms with Crippen molar-refractivity contribution in [2.45, 2.75) is 20.3 Å². The van der Waals surface area contributed by atoms with Crippen molar-refractivity contribution in [1.82, 2.24) is 0 Å². The Morgan fingerprint density at radius 1 is 1.29 bits per heavy atom. The monoisotopic (exact) mass is 196 g/mol. The Hall–Kier alpha value is -1.25. The van der Waals surface area contributed by atoms with Crippen LogP contribution in [0.3, 0.4) is 0 Å². The number of anilines is 2. The van der Waals surface area contributed by atoms with Crippen LogP contribution in [-0.2, 0) is 6.42 Å². The van der Waals surface area contributed by atoms with Gasteiger partial charge in [0.1, 0.15) is 0 Å². The SMILES string of the molecule is CCN(CC)c1ccc2c(c1N)C2.F. The van der Waals surface area contributed by atoms with Crippen molar-refractivity contribution in [3.05, 3.63) is 23.3 Å². The first kappa shape index (κ1) is 10.8. The van der Waals surface area contributed by atoms with Crippen LogP contribution in [0.25, 0.3) is 0 Å². The molecular formula is C11H17FN2. The van der Waals surface area contributed by atoms with E-state index in [9.17, 15) is 0 Å². The highest BCUT2D eigenvalue weighted by atomic mass is 19.0. The maximum atomic E-state index is 6.05. The normalized spacial score (nSPS) is 11.6. The van der Waals surface area contributed by atoms with E-state index in [4.69, 9.17) is 5.73 Å². The van der Waals surface area contributed by atoms with E-state index in [1.165, 1.54) is 16.8 Å². The lowest BCUT2D eigenvalue weighted by atomic mass is 10.2. The second-order valence-electron chi connectivity index (χ2n) is 3.49. The molecule has 1 aliphatic rings. The van der Waals surface area contributed by atoms with Crippen LogP contribution in [-0.4, -0.2) is 13.1 Å². The quantitative estimate of drug-likeness (QED) is 0.762. The summed E-state index contributed by atoms with van der Waals surface area (Å²) in [6, 6.07) is 4.34. The molecule has 2 rings (SSSR count). The molecule has 0 bridgehead atoms. The van der Waals surface area contributed by atoms with Gasteiger partial charge in [0.05, 0.1) is 11.4 Å². The van der Waals surface area contributed by atoms with Crippen molar-refractivity contribution in [2.75, 3.05) is 23.7 Å². The standard InChI is InChI=1S/C11H16N2.FH/c1-3-13(4-2)10-6-5-8-7-9(8)11(10)12;/h5-6H,3-4,7,12H2,1-2H3;1H. The number of benzene rings is 1. The van der Waals surface area contributed by atoms with Crippen LogP contribution < -0.4 is 10.6 Å². The average Bonchev–Trinajstić information content (AvgIpc) is 2.90. The fourth-order valence-corrected chi connectivity index (χ4v) is 1.84. The Bertz CT molecular complexity index is 332. The minimum atomic E-state index is 0. The highest BCUT2D eigenvalue weighted by molar-refractivity contribution is 5.78. The van der Waals surface area contributed by atoms with Crippen molar-refractivity contribution in [3.63, 3.8) is 0 Å². The minimum Gasteiger partial charge on any atom is -0.397 e. The van der Waals surface area contributed by atoms with Gasteiger partial charge in [-0.25, -0.2) is 0 Å². The molecule has 14 heavy (non-hydrogen) atoms. The van der Waals surface area contributed by atoms with E-state index in [0.717, 1.165) is 25.2 Å². The lowest BCUT2D eigenvalue weighted by Crippen LogP contribution is -2.22. The Morgan fingerprint density at radius 3 is 2.50 bits per heavy atom. The summed E-state index contributed by atoms with van der Waals surface area (Å²) in [7, 11) is 0. The van der Waals surface area contributed by atoms with Crippen molar-refractivity contribution in [1.29, 1.82) is 0 Å². The van der Waals surface area contributed by atoms with Crippen molar-refractivity contribution in [2.24, 2.45) is 0 Å². The van der Waals surface area contributed by atoms with E-state index in [2.05, 4.69) is 30.9 Å². The topological polar surface area (TPSA) is 29.3 Å². The molecule has 78 valence electrons. The van der Waals surface area contributed by atoms with Crippen LogP contribution in [0, 0.1) is 0 Å². The van der Waals surface area contributed by atoms with Crippen molar-refractivity contribution >= 4 is 11.4 Å². The van der Waals surface area contributed by atoms with Crippen LogP contribution >= 0.6 is 0 Å². The molecule has 2 N–H and O–H groups in total. The molecule has 0 heterocycles. The fourth-order valence-electron chi connectivity index (χ4n) is 1.84. The third-order valence-electron chi connectivity index (χ3n) is 2.78. The van der Waals surface area contributed by atoms with E-state index >= 15 is 0 Å². The van der Waals surface area contributed by atoms with Gasteiger partial charge in [-0.3, -0.25) is 4.70 Å². The molecule has 0 aliphatic heterocycles. The maximum Gasteiger partial charge on any atom is 0.0602 e. The number of halogens is 1. The molecule has 1 aromatic carbocycles. The molecule has 0 saturated carbocycles. The van der Waals surface area contributed by atoms with E-state index in [1.807, 2.05) is 0 Å². The van der Waals surface area contributed by atoms with Gasteiger partial charge in [-0.1, -0.05) is 6.07 Å². The lowest BCUT2D eigenvalue weighted by molar-refractivity contribution is 0.868. The van der Waals surface area contributed by atoms with E-state index in [-0.39, 0.29) is 4.70 Å². The summed E-state index contributed by atoms with van der Waals surface area (Å²) in [6.07, 6.45) is 1.10. The number of hydrogen-bond acceptors (Lipinski definition) is 2. The molecule has 0 saturated heterocycles. The predicted molar refractivity (Wildman–Crippen MR) is 59.7 cm³/mol. The smallest absolute Gasteiger partial charge is 0.0602 e. The first-order chi connectivity index (χ1) is 6.27. The second-order valence-corrected chi connectivity index (χ2v) is 3.49. The lowest BCUT2D eigenvalue weighted by Gasteiger charge is -2.22. The van der Waals surface area contributed by atoms with E-state index in [1.54, 1.807) is 0 Å². The zero-order valence-electron chi connectivity index (χ0n) is 8.71. The van der Waals surface area contributed by atoms with Gasteiger partial charge in [0.25, 0.3) is 0 Å². The molecule has 0 amide bonds. The van der Waals surface area contributed by atoms with Gasteiger partial charge in [-0.15, -0.1) is 0 Å². The maximum absolute atomic E-state index is 6.05. The summed E-state index contributed by atoms with van der Waals surface area (Å²) in [5.74, 6) is 0. The van der Waals surface area contributed by atoms with Gasteiger partial charge in [0.2, 0.25) is 0 Å². The molecular weight excluding hydrogens is 179 g/mol. The van der Waals surface area contributed by atoms with Crippen molar-refractivity contribution in [3.8, 4) is 0 Å². The highest BCUT2D eigenvalue weighted by Gasteiger charge is 2.22. The summed E-state index contributed by atoms with van der Waals surface area (Å²) in [6.45, 7) is 6.38. The van der Waals surface area contributed by atoms with Gasteiger partial charge >= 0.3 is 0 Å². The molecule has 0 unspecified atom stereocenters. The fraction of sp³-hybridized carbons (Fsp3) is 0.455. The first-order valence-corrected chi connectivity index (χ1v) is 4.93.